The van der Waals surface area contributed by atoms with Crippen LogP contribution in [0.4, 0.5) is 0 Å². The number of benzene rings is 1. The van der Waals surface area contributed by atoms with Crippen molar-refractivity contribution in [2.75, 3.05) is 0 Å². The van der Waals surface area contributed by atoms with E-state index in [2.05, 4.69) is 21.2 Å². The molecule has 4 nitrogen and oxygen atoms in total. The monoisotopic (exact) mass is 327 g/mol. The number of carboxylic acid groups (broad SMARTS) is 1. The van der Waals surface area contributed by atoms with Gasteiger partial charge in [-0.3, -0.25) is 4.79 Å². The number of hydrogen-bond donors (Lipinski definition) is 2. The first-order chi connectivity index (χ1) is 8.93. The number of rotatable bonds is 6. The van der Waals surface area contributed by atoms with Crippen LogP contribution >= 0.6 is 15.9 Å². The average Bonchev–Trinajstić information content (AvgIpc) is 2.32. The van der Waals surface area contributed by atoms with E-state index in [0.29, 0.717) is 12.8 Å². The summed E-state index contributed by atoms with van der Waals surface area (Å²) in [6.45, 7) is 3.81. The van der Waals surface area contributed by atoms with E-state index in [9.17, 15) is 9.59 Å². The molecule has 0 spiro atoms. The van der Waals surface area contributed by atoms with Crippen LogP contribution in [0.2, 0.25) is 0 Å². The second kappa shape index (κ2) is 7.28. The largest absolute Gasteiger partial charge is 0.480 e. The zero-order valence-electron chi connectivity index (χ0n) is 11.1. The predicted octanol–water partition coefficient (Wildman–Crippen LogP) is 2.67. The molecule has 0 saturated heterocycles. The van der Waals surface area contributed by atoms with Crippen LogP contribution in [0.3, 0.4) is 0 Å². The van der Waals surface area contributed by atoms with E-state index < -0.39 is 12.0 Å². The summed E-state index contributed by atoms with van der Waals surface area (Å²) in [7, 11) is 0. The highest BCUT2D eigenvalue weighted by molar-refractivity contribution is 9.10. The molecule has 0 aliphatic heterocycles. The number of amides is 1. The second-order valence-corrected chi connectivity index (χ2v) is 5.41. The van der Waals surface area contributed by atoms with Crippen LogP contribution in [0.15, 0.2) is 22.7 Å². The quantitative estimate of drug-likeness (QED) is 0.844. The second-order valence-electron chi connectivity index (χ2n) is 4.49. The lowest BCUT2D eigenvalue weighted by atomic mass is 10.1. The minimum absolute atomic E-state index is 0.201. The Morgan fingerprint density at radius 1 is 1.42 bits per heavy atom. The Kier molecular flexibility index (Phi) is 6.02. The number of aryl methyl sites for hydroxylation is 1. The minimum atomic E-state index is -0.984. The van der Waals surface area contributed by atoms with Gasteiger partial charge < -0.3 is 10.4 Å². The van der Waals surface area contributed by atoms with Crippen LogP contribution in [-0.4, -0.2) is 23.0 Å². The van der Waals surface area contributed by atoms with E-state index in [1.807, 2.05) is 32.0 Å². The van der Waals surface area contributed by atoms with Crippen LogP contribution in [0.25, 0.3) is 0 Å². The van der Waals surface area contributed by atoms with Gasteiger partial charge in [0.15, 0.2) is 0 Å². The minimum Gasteiger partial charge on any atom is -0.480 e. The van der Waals surface area contributed by atoms with Gasteiger partial charge >= 0.3 is 5.97 Å². The summed E-state index contributed by atoms with van der Waals surface area (Å²) in [5, 5.41) is 11.5. The van der Waals surface area contributed by atoms with Crippen LogP contribution in [0.5, 0.6) is 0 Å². The van der Waals surface area contributed by atoms with Crippen LogP contribution in [0, 0.1) is 6.92 Å². The fourth-order valence-corrected chi connectivity index (χ4v) is 2.30. The van der Waals surface area contributed by atoms with Crippen molar-refractivity contribution in [2.45, 2.75) is 39.2 Å². The van der Waals surface area contributed by atoms with Crippen molar-refractivity contribution < 1.29 is 14.7 Å². The molecule has 1 aromatic rings. The van der Waals surface area contributed by atoms with Crippen molar-refractivity contribution in [1.29, 1.82) is 0 Å². The standard InChI is InChI=1S/C14H18BrNO3/c1-3-4-12(14(18)19)16-13(17)8-10-5-6-11(15)7-9(10)2/h5-7,12H,3-4,8H2,1-2H3,(H,16,17)(H,18,19). The Morgan fingerprint density at radius 3 is 2.63 bits per heavy atom. The molecule has 1 aromatic carbocycles. The summed E-state index contributed by atoms with van der Waals surface area (Å²) < 4.78 is 0.962. The molecule has 0 radical (unpaired) electrons. The first-order valence-electron chi connectivity index (χ1n) is 6.21. The van der Waals surface area contributed by atoms with E-state index >= 15 is 0 Å². The predicted molar refractivity (Wildman–Crippen MR) is 77.1 cm³/mol. The molecule has 0 aliphatic carbocycles. The van der Waals surface area contributed by atoms with Gasteiger partial charge in [-0.1, -0.05) is 35.3 Å². The molecule has 0 bridgehead atoms. The van der Waals surface area contributed by atoms with Gasteiger partial charge in [-0.05, 0) is 36.6 Å². The van der Waals surface area contributed by atoms with Gasteiger partial charge in [0.2, 0.25) is 5.91 Å². The van der Waals surface area contributed by atoms with E-state index in [-0.39, 0.29) is 12.3 Å². The fourth-order valence-electron chi connectivity index (χ4n) is 1.82. The molecular weight excluding hydrogens is 310 g/mol. The van der Waals surface area contributed by atoms with Crippen LogP contribution < -0.4 is 5.32 Å². The third kappa shape index (κ3) is 5.03. The van der Waals surface area contributed by atoms with E-state index in [4.69, 9.17) is 5.11 Å². The number of hydrogen-bond acceptors (Lipinski definition) is 2. The molecule has 1 amide bonds. The van der Waals surface area contributed by atoms with Crippen molar-refractivity contribution in [3.63, 3.8) is 0 Å². The average molecular weight is 328 g/mol. The van der Waals surface area contributed by atoms with Crippen LogP contribution in [-0.2, 0) is 16.0 Å². The molecule has 0 aliphatic rings. The van der Waals surface area contributed by atoms with Crippen molar-refractivity contribution >= 4 is 27.8 Å². The zero-order chi connectivity index (χ0) is 14.4. The first-order valence-corrected chi connectivity index (χ1v) is 7.00. The molecule has 0 saturated carbocycles. The molecule has 1 unspecified atom stereocenters. The van der Waals surface area contributed by atoms with Crippen molar-refractivity contribution in [1.82, 2.24) is 5.32 Å². The summed E-state index contributed by atoms with van der Waals surface area (Å²) in [4.78, 5) is 22.8. The summed E-state index contributed by atoms with van der Waals surface area (Å²) in [5.41, 5.74) is 1.91. The zero-order valence-corrected chi connectivity index (χ0v) is 12.7. The fraction of sp³-hybridized carbons (Fsp3) is 0.429. The molecule has 19 heavy (non-hydrogen) atoms. The molecular formula is C14H18BrNO3. The molecule has 0 aromatic heterocycles. The number of nitrogens with one attached hydrogen (secondary N) is 1. The SMILES string of the molecule is CCCC(NC(=O)Cc1ccc(Br)cc1C)C(=O)O. The maximum Gasteiger partial charge on any atom is 0.326 e. The maximum absolute atomic E-state index is 11.9. The summed E-state index contributed by atoms with van der Waals surface area (Å²) in [5.74, 6) is -1.24. The number of carboxylic acids is 1. The Balaban J connectivity index is 2.66. The smallest absolute Gasteiger partial charge is 0.326 e. The summed E-state index contributed by atoms with van der Waals surface area (Å²) in [6.07, 6.45) is 1.36. The topological polar surface area (TPSA) is 66.4 Å². The summed E-state index contributed by atoms with van der Waals surface area (Å²) >= 11 is 3.36. The van der Waals surface area contributed by atoms with Gasteiger partial charge in [-0.15, -0.1) is 0 Å². The maximum atomic E-state index is 11.9. The van der Waals surface area contributed by atoms with Crippen LogP contribution in [0.1, 0.15) is 30.9 Å². The number of carbonyl (C=O) groups is 2. The third-order valence-electron chi connectivity index (χ3n) is 2.87. The highest BCUT2D eigenvalue weighted by Gasteiger charge is 2.19. The molecule has 0 heterocycles. The van der Waals surface area contributed by atoms with Crippen molar-refractivity contribution in [2.24, 2.45) is 0 Å². The Morgan fingerprint density at radius 2 is 2.11 bits per heavy atom. The molecule has 2 N–H and O–H groups in total. The highest BCUT2D eigenvalue weighted by Crippen LogP contribution is 2.16. The van der Waals surface area contributed by atoms with Gasteiger partial charge in [-0.2, -0.15) is 0 Å². The molecule has 1 atom stereocenters. The molecule has 5 heteroatoms. The van der Waals surface area contributed by atoms with E-state index in [1.165, 1.54) is 0 Å². The molecule has 1 rings (SSSR count). The Hall–Kier alpha value is -1.36. The van der Waals surface area contributed by atoms with Crippen molar-refractivity contribution in [3.05, 3.63) is 33.8 Å². The number of carbonyl (C=O) groups excluding carboxylic acids is 1. The van der Waals surface area contributed by atoms with Gasteiger partial charge in [0.25, 0.3) is 0 Å². The number of halogens is 1. The molecule has 0 fully saturated rings. The molecule has 104 valence electrons. The first kappa shape index (κ1) is 15.7. The Bertz CT molecular complexity index is 474. The lowest BCUT2D eigenvalue weighted by Gasteiger charge is -2.14. The highest BCUT2D eigenvalue weighted by atomic mass is 79.9. The van der Waals surface area contributed by atoms with Gasteiger partial charge in [-0.25, -0.2) is 4.79 Å². The van der Waals surface area contributed by atoms with E-state index in [1.54, 1.807) is 0 Å². The number of aliphatic carboxylic acids is 1. The lowest BCUT2D eigenvalue weighted by Crippen LogP contribution is -2.41. The summed E-state index contributed by atoms with van der Waals surface area (Å²) in [6, 6.07) is 4.88. The van der Waals surface area contributed by atoms with Gasteiger partial charge in [0.05, 0.1) is 6.42 Å². The third-order valence-corrected chi connectivity index (χ3v) is 3.36. The lowest BCUT2D eigenvalue weighted by molar-refractivity contribution is -0.141. The van der Waals surface area contributed by atoms with Gasteiger partial charge in [0.1, 0.15) is 6.04 Å². The van der Waals surface area contributed by atoms with E-state index in [0.717, 1.165) is 15.6 Å². The normalized spacial score (nSPS) is 11.9. The Labute approximate surface area is 121 Å². The van der Waals surface area contributed by atoms with Crippen molar-refractivity contribution in [3.8, 4) is 0 Å². The van der Waals surface area contributed by atoms with Gasteiger partial charge in [0, 0.05) is 4.47 Å².